The lowest BCUT2D eigenvalue weighted by atomic mass is 9.79. The summed E-state index contributed by atoms with van der Waals surface area (Å²) in [5.74, 6) is 1.39. The molecule has 0 saturated heterocycles. The molecule has 1 unspecified atom stereocenters. The molecule has 0 aromatic heterocycles. The second kappa shape index (κ2) is 8.57. The molecule has 0 aromatic carbocycles. The van der Waals surface area contributed by atoms with Crippen LogP contribution < -0.4 is 5.73 Å². The Morgan fingerprint density at radius 3 is 2.58 bits per heavy atom. The Morgan fingerprint density at radius 2 is 2.00 bits per heavy atom. The van der Waals surface area contributed by atoms with E-state index in [1.54, 1.807) is 0 Å². The highest BCUT2D eigenvalue weighted by Gasteiger charge is 2.30. The van der Waals surface area contributed by atoms with Crippen LogP contribution in [0.1, 0.15) is 65.7 Å². The van der Waals surface area contributed by atoms with Gasteiger partial charge in [0.2, 0.25) is 0 Å². The first kappa shape index (κ1) is 16.5. The van der Waals surface area contributed by atoms with E-state index in [9.17, 15) is 4.79 Å². The summed E-state index contributed by atoms with van der Waals surface area (Å²) >= 11 is 0. The zero-order valence-corrected chi connectivity index (χ0v) is 12.9. The van der Waals surface area contributed by atoms with Crippen LogP contribution in [0.2, 0.25) is 0 Å². The van der Waals surface area contributed by atoms with Crippen LogP contribution in [0.5, 0.6) is 0 Å². The van der Waals surface area contributed by atoms with Gasteiger partial charge in [0.1, 0.15) is 6.10 Å². The summed E-state index contributed by atoms with van der Waals surface area (Å²) in [6.45, 7) is 7.18. The summed E-state index contributed by atoms with van der Waals surface area (Å²) in [5.41, 5.74) is 5.71. The monoisotopic (exact) mass is 269 g/mol. The molecule has 0 aliphatic heterocycles. The van der Waals surface area contributed by atoms with Gasteiger partial charge in [-0.25, -0.2) is 0 Å². The van der Waals surface area contributed by atoms with Gasteiger partial charge >= 0.3 is 5.97 Å². The Kier molecular flexibility index (Phi) is 7.44. The Morgan fingerprint density at radius 1 is 1.32 bits per heavy atom. The molecule has 112 valence electrons. The number of rotatable bonds is 7. The molecule has 0 aromatic rings. The fraction of sp³-hybridized carbons (Fsp3) is 0.938. The summed E-state index contributed by atoms with van der Waals surface area (Å²) in [4.78, 5) is 12.0. The minimum absolute atomic E-state index is 0.0403. The van der Waals surface area contributed by atoms with E-state index in [-0.39, 0.29) is 12.1 Å². The first-order chi connectivity index (χ1) is 9.08. The minimum atomic E-state index is -0.0403. The van der Waals surface area contributed by atoms with Crippen LogP contribution in [0.15, 0.2) is 0 Å². The number of ether oxygens (including phenoxy) is 1. The number of esters is 1. The molecular weight excluding hydrogens is 238 g/mol. The van der Waals surface area contributed by atoms with Crippen molar-refractivity contribution in [2.24, 2.45) is 23.5 Å². The minimum Gasteiger partial charge on any atom is -0.462 e. The lowest BCUT2D eigenvalue weighted by molar-refractivity contribution is -0.155. The van der Waals surface area contributed by atoms with Gasteiger partial charge in [-0.05, 0) is 50.0 Å². The first-order valence-corrected chi connectivity index (χ1v) is 7.98. The first-order valence-electron chi connectivity index (χ1n) is 7.98. The second-order valence-corrected chi connectivity index (χ2v) is 6.32. The smallest absolute Gasteiger partial charge is 0.306 e. The SMILES string of the molecule is CCC[C@@H](CN)CC(=O)O[C@@H]1CCCCC1C(C)C. The molecule has 1 saturated carbocycles. The van der Waals surface area contributed by atoms with Gasteiger partial charge in [0, 0.05) is 6.42 Å². The number of nitrogens with two attached hydrogens (primary N) is 1. The lowest BCUT2D eigenvalue weighted by Crippen LogP contribution is -2.34. The Balaban J connectivity index is 2.45. The predicted octanol–water partition coefficient (Wildman–Crippen LogP) is 3.51. The van der Waals surface area contributed by atoms with E-state index < -0.39 is 0 Å². The molecule has 1 fully saturated rings. The van der Waals surface area contributed by atoms with Crippen molar-refractivity contribution in [3.63, 3.8) is 0 Å². The van der Waals surface area contributed by atoms with Gasteiger partial charge in [-0.1, -0.05) is 33.6 Å². The number of carbonyl (C=O) groups is 1. The maximum atomic E-state index is 12.0. The number of hydrogen-bond acceptors (Lipinski definition) is 3. The molecule has 0 radical (unpaired) electrons. The van der Waals surface area contributed by atoms with Crippen molar-refractivity contribution >= 4 is 5.97 Å². The molecule has 1 aliphatic rings. The van der Waals surface area contributed by atoms with Crippen molar-refractivity contribution in [3.05, 3.63) is 0 Å². The summed E-state index contributed by atoms with van der Waals surface area (Å²) in [7, 11) is 0. The molecule has 3 nitrogen and oxygen atoms in total. The van der Waals surface area contributed by atoms with Crippen molar-refractivity contribution in [3.8, 4) is 0 Å². The van der Waals surface area contributed by atoms with Crippen molar-refractivity contribution in [2.75, 3.05) is 6.54 Å². The van der Waals surface area contributed by atoms with E-state index in [1.807, 2.05) is 0 Å². The quantitative estimate of drug-likeness (QED) is 0.720. The number of hydrogen-bond donors (Lipinski definition) is 1. The van der Waals surface area contributed by atoms with Crippen LogP contribution in [-0.4, -0.2) is 18.6 Å². The number of carbonyl (C=O) groups excluding carboxylic acids is 1. The van der Waals surface area contributed by atoms with E-state index in [1.165, 1.54) is 19.3 Å². The molecular formula is C16H31NO2. The van der Waals surface area contributed by atoms with Crippen molar-refractivity contribution in [1.29, 1.82) is 0 Å². The van der Waals surface area contributed by atoms with Crippen LogP contribution in [0.25, 0.3) is 0 Å². The molecule has 0 amide bonds. The standard InChI is InChI=1S/C16H31NO2/c1-4-7-13(11-17)10-16(18)19-15-9-6-5-8-14(15)12(2)3/h12-15H,4-11,17H2,1-3H3/t13-,14?,15-/m1/s1. The maximum Gasteiger partial charge on any atom is 0.306 e. The normalized spacial score (nSPS) is 25.3. The molecule has 0 bridgehead atoms. The highest BCUT2D eigenvalue weighted by molar-refractivity contribution is 5.70. The van der Waals surface area contributed by atoms with Gasteiger partial charge in [-0.15, -0.1) is 0 Å². The molecule has 0 spiro atoms. The molecule has 19 heavy (non-hydrogen) atoms. The van der Waals surface area contributed by atoms with Crippen molar-refractivity contribution in [1.82, 2.24) is 0 Å². The predicted molar refractivity (Wildman–Crippen MR) is 78.7 cm³/mol. The molecule has 1 aliphatic carbocycles. The van der Waals surface area contributed by atoms with Crippen molar-refractivity contribution in [2.45, 2.75) is 71.8 Å². The van der Waals surface area contributed by atoms with E-state index >= 15 is 0 Å². The molecule has 0 heterocycles. The fourth-order valence-electron chi connectivity index (χ4n) is 3.20. The third-order valence-electron chi connectivity index (χ3n) is 4.38. The van der Waals surface area contributed by atoms with Crippen LogP contribution in [0.3, 0.4) is 0 Å². The van der Waals surface area contributed by atoms with Gasteiger partial charge in [0.25, 0.3) is 0 Å². The highest BCUT2D eigenvalue weighted by atomic mass is 16.5. The van der Waals surface area contributed by atoms with Gasteiger partial charge in [-0.2, -0.15) is 0 Å². The zero-order valence-electron chi connectivity index (χ0n) is 12.9. The second-order valence-electron chi connectivity index (χ2n) is 6.32. The van der Waals surface area contributed by atoms with Crippen LogP contribution >= 0.6 is 0 Å². The van der Waals surface area contributed by atoms with E-state index in [2.05, 4.69) is 20.8 Å². The summed E-state index contributed by atoms with van der Waals surface area (Å²) < 4.78 is 5.75. The van der Waals surface area contributed by atoms with Gasteiger partial charge < -0.3 is 10.5 Å². The average molecular weight is 269 g/mol. The lowest BCUT2D eigenvalue weighted by Gasteiger charge is -2.34. The highest BCUT2D eigenvalue weighted by Crippen LogP contribution is 2.32. The van der Waals surface area contributed by atoms with E-state index in [0.717, 1.165) is 19.3 Å². The largest absolute Gasteiger partial charge is 0.462 e. The summed E-state index contributed by atoms with van der Waals surface area (Å²) in [6.07, 6.45) is 7.43. The maximum absolute atomic E-state index is 12.0. The Hall–Kier alpha value is -0.570. The van der Waals surface area contributed by atoms with Gasteiger partial charge in [-0.3, -0.25) is 4.79 Å². The molecule has 3 atom stereocenters. The Bertz CT molecular complexity index is 265. The van der Waals surface area contributed by atoms with Gasteiger partial charge in [0.15, 0.2) is 0 Å². The van der Waals surface area contributed by atoms with E-state index in [4.69, 9.17) is 10.5 Å². The van der Waals surface area contributed by atoms with Gasteiger partial charge in [0.05, 0.1) is 0 Å². The van der Waals surface area contributed by atoms with Crippen molar-refractivity contribution < 1.29 is 9.53 Å². The fourth-order valence-corrected chi connectivity index (χ4v) is 3.20. The van der Waals surface area contributed by atoms with Crippen LogP contribution in [0, 0.1) is 17.8 Å². The van der Waals surface area contributed by atoms with Crippen LogP contribution in [-0.2, 0) is 9.53 Å². The summed E-state index contributed by atoms with van der Waals surface area (Å²) in [5, 5.41) is 0. The molecule has 3 heteroatoms. The third-order valence-corrected chi connectivity index (χ3v) is 4.38. The zero-order chi connectivity index (χ0) is 14.3. The van der Waals surface area contributed by atoms with E-state index in [0.29, 0.717) is 30.7 Å². The topological polar surface area (TPSA) is 52.3 Å². The molecule has 1 rings (SSSR count). The van der Waals surface area contributed by atoms with Crippen LogP contribution in [0.4, 0.5) is 0 Å². The third kappa shape index (κ3) is 5.52. The molecule has 2 N–H and O–H groups in total. The Labute approximate surface area is 118 Å². The summed E-state index contributed by atoms with van der Waals surface area (Å²) in [6, 6.07) is 0. The average Bonchev–Trinajstić information content (AvgIpc) is 2.38.